The fraction of sp³-hybridized carbons (Fsp3) is 0.160. The number of hydrogen-bond acceptors (Lipinski definition) is 5. The fourth-order valence-electron chi connectivity index (χ4n) is 3.34. The molecule has 31 heavy (non-hydrogen) atoms. The topological polar surface area (TPSA) is 45.0 Å². The minimum absolute atomic E-state index is 0.663. The first-order valence-electron chi connectivity index (χ1n) is 9.85. The van der Waals surface area contributed by atoms with Crippen LogP contribution < -0.4 is 19.0 Å². The highest BCUT2D eigenvalue weighted by Crippen LogP contribution is 2.28. The molecule has 5 nitrogen and oxygen atoms in total. The monoisotopic (exact) mass is 432 g/mol. The normalized spacial score (nSPS) is 11.4. The predicted molar refractivity (Wildman–Crippen MR) is 125 cm³/mol. The summed E-state index contributed by atoms with van der Waals surface area (Å²) < 4.78 is 18.4. The molecule has 0 aliphatic heterocycles. The summed E-state index contributed by atoms with van der Waals surface area (Å²) in [6.07, 6.45) is 0. The summed E-state index contributed by atoms with van der Waals surface area (Å²) in [5.74, 6) is 2.41. The van der Waals surface area contributed by atoms with Gasteiger partial charge in [-0.15, -0.1) is 11.3 Å². The zero-order chi connectivity index (χ0) is 21.6. The van der Waals surface area contributed by atoms with Crippen LogP contribution in [0, 0.1) is 0 Å². The Kier molecular flexibility index (Phi) is 6.38. The van der Waals surface area contributed by atoms with Crippen molar-refractivity contribution in [1.29, 1.82) is 0 Å². The van der Waals surface area contributed by atoms with Crippen LogP contribution in [0.2, 0.25) is 0 Å². The third-order valence-corrected chi connectivity index (χ3v) is 5.82. The molecule has 4 aromatic rings. The Hall–Kier alpha value is -3.51. The third-order valence-electron chi connectivity index (χ3n) is 4.96. The van der Waals surface area contributed by atoms with E-state index in [4.69, 9.17) is 19.2 Å². The van der Waals surface area contributed by atoms with Crippen molar-refractivity contribution in [3.05, 3.63) is 88.5 Å². The van der Waals surface area contributed by atoms with E-state index in [1.54, 1.807) is 32.7 Å². The molecule has 0 bridgehead atoms. The van der Waals surface area contributed by atoms with Crippen LogP contribution in [-0.2, 0) is 6.54 Å². The average Bonchev–Trinajstić information content (AvgIpc) is 3.21. The van der Waals surface area contributed by atoms with Crippen LogP contribution >= 0.6 is 11.3 Å². The average molecular weight is 433 g/mol. The van der Waals surface area contributed by atoms with Crippen molar-refractivity contribution >= 4 is 17.0 Å². The number of ether oxygens (including phenoxy) is 3. The van der Waals surface area contributed by atoms with E-state index >= 15 is 0 Å². The maximum absolute atomic E-state index is 5.49. The maximum atomic E-state index is 5.49. The lowest BCUT2D eigenvalue weighted by molar-refractivity contribution is 0.414. The molecule has 0 amide bonds. The molecular formula is C25H24N2O3S. The van der Waals surface area contributed by atoms with Crippen LogP contribution in [0.1, 0.15) is 5.56 Å². The van der Waals surface area contributed by atoms with E-state index in [1.165, 1.54) is 0 Å². The number of thiazole rings is 1. The van der Waals surface area contributed by atoms with Gasteiger partial charge in [0, 0.05) is 5.38 Å². The van der Waals surface area contributed by atoms with Crippen molar-refractivity contribution in [1.82, 2.24) is 4.57 Å². The highest BCUT2D eigenvalue weighted by Gasteiger charge is 2.11. The summed E-state index contributed by atoms with van der Waals surface area (Å²) in [4.78, 5) is 5.82. The first kappa shape index (κ1) is 20.8. The van der Waals surface area contributed by atoms with Crippen molar-refractivity contribution < 1.29 is 14.2 Å². The van der Waals surface area contributed by atoms with Gasteiger partial charge in [-0.3, -0.25) is 0 Å². The van der Waals surface area contributed by atoms with Crippen molar-refractivity contribution in [3.63, 3.8) is 0 Å². The van der Waals surface area contributed by atoms with Crippen LogP contribution in [0.3, 0.4) is 0 Å². The maximum Gasteiger partial charge on any atom is 0.190 e. The first-order chi connectivity index (χ1) is 15.2. The van der Waals surface area contributed by atoms with Crippen molar-refractivity contribution in [2.45, 2.75) is 6.54 Å². The summed E-state index contributed by atoms with van der Waals surface area (Å²) >= 11 is 1.60. The molecule has 3 aromatic carbocycles. The molecule has 0 saturated heterocycles. The number of aromatic nitrogens is 1. The molecule has 0 fully saturated rings. The molecule has 0 radical (unpaired) electrons. The molecule has 0 atom stereocenters. The van der Waals surface area contributed by atoms with Gasteiger partial charge in [-0.1, -0.05) is 24.3 Å². The van der Waals surface area contributed by atoms with Gasteiger partial charge in [0.2, 0.25) is 0 Å². The Morgan fingerprint density at radius 2 is 1.58 bits per heavy atom. The van der Waals surface area contributed by atoms with Crippen LogP contribution in [0.5, 0.6) is 17.2 Å². The number of nitrogens with zero attached hydrogens (tertiary/aromatic N) is 2. The standard InChI is InChI=1S/C25H24N2O3S/c1-28-20-13-11-19(12-14-20)23-17-31-25(26-22-9-4-5-10-24(22)30-3)27(23)16-18-7-6-8-21(15-18)29-2/h4-15,17H,16H2,1-3H3. The third kappa shape index (κ3) is 4.64. The Labute approximate surface area is 185 Å². The van der Waals surface area contributed by atoms with E-state index in [0.29, 0.717) is 6.54 Å². The Morgan fingerprint density at radius 1 is 0.806 bits per heavy atom. The van der Waals surface area contributed by atoms with Crippen molar-refractivity contribution in [2.24, 2.45) is 4.99 Å². The first-order valence-corrected chi connectivity index (χ1v) is 10.7. The van der Waals surface area contributed by atoms with Crippen LogP contribution in [-0.4, -0.2) is 25.9 Å². The van der Waals surface area contributed by atoms with E-state index in [2.05, 4.69) is 34.2 Å². The summed E-state index contributed by atoms with van der Waals surface area (Å²) in [6, 6.07) is 24.0. The molecule has 4 rings (SSSR count). The second kappa shape index (κ2) is 9.53. The largest absolute Gasteiger partial charge is 0.497 e. The van der Waals surface area contributed by atoms with Crippen LogP contribution in [0.15, 0.2) is 83.2 Å². The summed E-state index contributed by atoms with van der Waals surface area (Å²) in [7, 11) is 5.02. The molecule has 0 unspecified atom stereocenters. The molecule has 1 heterocycles. The lowest BCUT2D eigenvalue weighted by atomic mass is 10.1. The van der Waals surface area contributed by atoms with Crippen LogP contribution in [0.4, 0.5) is 5.69 Å². The van der Waals surface area contributed by atoms with Gasteiger partial charge in [0.15, 0.2) is 4.80 Å². The molecule has 1 aromatic heterocycles. The van der Waals surface area contributed by atoms with E-state index in [-0.39, 0.29) is 0 Å². The van der Waals surface area contributed by atoms with Gasteiger partial charge < -0.3 is 18.8 Å². The van der Waals surface area contributed by atoms with E-state index in [9.17, 15) is 0 Å². The second-order valence-electron chi connectivity index (χ2n) is 6.85. The highest BCUT2D eigenvalue weighted by atomic mass is 32.1. The molecule has 0 aliphatic carbocycles. The minimum Gasteiger partial charge on any atom is -0.497 e. The van der Waals surface area contributed by atoms with Gasteiger partial charge in [-0.05, 0) is 59.7 Å². The van der Waals surface area contributed by atoms with Crippen molar-refractivity contribution in [3.8, 4) is 28.5 Å². The number of hydrogen-bond donors (Lipinski definition) is 0. The summed E-state index contributed by atoms with van der Waals surface area (Å²) in [6.45, 7) is 0.663. The Morgan fingerprint density at radius 3 is 2.32 bits per heavy atom. The number of benzene rings is 3. The number of methoxy groups -OCH3 is 3. The predicted octanol–water partition coefficient (Wildman–Crippen LogP) is 5.52. The zero-order valence-corrected chi connectivity index (χ0v) is 18.6. The molecular weight excluding hydrogens is 408 g/mol. The smallest absolute Gasteiger partial charge is 0.190 e. The minimum atomic E-state index is 0.663. The van der Waals surface area contributed by atoms with Gasteiger partial charge in [0.05, 0.1) is 33.6 Å². The number of rotatable bonds is 7. The van der Waals surface area contributed by atoms with Gasteiger partial charge in [0.1, 0.15) is 22.9 Å². The van der Waals surface area contributed by atoms with Crippen LogP contribution in [0.25, 0.3) is 11.3 Å². The Bertz CT molecular complexity index is 1230. The summed E-state index contributed by atoms with van der Waals surface area (Å²) in [5, 5.41) is 2.14. The van der Waals surface area contributed by atoms with Gasteiger partial charge >= 0.3 is 0 Å². The highest BCUT2D eigenvalue weighted by molar-refractivity contribution is 7.07. The van der Waals surface area contributed by atoms with E-state index in [1.807, 2.05) is 48.5 Å². The number of para-hydroxylation sites is 2. The summed E-state index contributed by atoms with van der Waals surface area (Å²) in [5.41, 5.74) is 4.12. The van der Waals surface area contributed by atoms with E-state index in [0.717, 1.165) is 44.6 Å². The van der Waals surface area contributed by atoms with Gasteiger partial charge in [-0.25, -0.2) is 4.99 Å². The lowest BCUT2D eigenvalue weighted by Gasteiger charge is -2.11. The molecule has 0 aliphatic rings. The zero-order valence-electron chi connectivity index (χ0n) is 17.7. The second-order valence-corrected chi connectivity index (χ2v) is 7.69. The SMILES string of the molecule is COc1ccc(-c2csc(=Nc3ccccc3OC)n2Cc2cccc(OC)c2)cc1. The van der Waals surface area contributed by atoms with Crippen molar-refractivity contribution in [2.75, 3.05) is 21.3 Å². The molecule has 6 heteroatoms. The molecule has 0 saturated carbocycles. The van der Waals surface area contributed by atoms with Gasteiger partial charge in [-0.2, -0.15) is 0 Å². The molecule has 0 spiro atoms. The molecule has 0 N–H and O–H groups in total. The quantitative estimate of drug-likeness (QED) is 0.386. The Balaban J connectivity index is 1.84. The fourth-order valence-corrected chi connectivity index (χ4v) is 4.26. The van der Waals surface area contributed by atoms with Gasteiger partial charge in [0.25, 0.3) is 0 Å². The molecule has 158 valence electrons. The van der Waals surface area contributed by atoms with E-state index < -0.39 is 0 Å². The lowest BCUT2D eigenvalue weighted by Crippen LogP contribution is -2.16.